The van der Waals surface area contributed by atoms with Crippen LogP contribution in [0, 0.1) is 12.8 Å². The minimum absolute atomic E-state index is 0.105. The van der Waals surface area contributed by atoms with E-state index in [-0.39, 0.29) is 18.2 Å². The van der Waals surface area contributed by atoms with Crippen LogP contribution in [0.1, 0.15) is 12.0 Å². The van der Waals surface area contributed by atoms with E-state index in [0.717, 1.165) is 5.56 Å². The molecule has 1 aliphatic rings. The molecule has 2 aromatic carbocycles. The highest BCUT2D eigenvalue weighted by molar-refractivity contribution is 6.34. The molecule has 1 aliphatic heterocycles. The Morgan fingerprint density at radius 2 is 1.83 bits per heavy atom. The number of carbonyl (C=O) groups excluding carboxylic acids is 2. The molecule has 2 aromatic rings. The SMILES string of the molecule is Cc1c(Cl)cccc1NC(=O)C1CC(=O)N(c2ccccc2Cl)C1. The lowest BCUT2D eigenvalue weighted by atomic mass is 10.1. The van der Waals surface area contributed by atoms with Gasteiger partial charge < -0.3 is 10.2 Å². The average molecular weight is 363 g/mol. The average Bonchev–Trinajstić information content (AvgIpc) is 2.94. The predicted molar refractivity (Wildman–Crippen MR) is 96.7 cm³/mol. The third-order valence-corrected chi connectivity index (χ3v) is 4.89. The number of hydrogen-bond donors (Lipinski definition) is 1. The standard InChI is InChI=1S/C18H16Cl2N2O2/c1-11-13(19)6-4-7-15(11)21-18(24)12-9-17(23)22(10-12)16-8-3-2-5-14(16)20/h2-8,12H,9-10H2,1H3,(H,21,24). The zero-order chi connectivity index (χ0) is 17.3. The summed E-state index contributed by atoms with van der Waals surface area (Å²) >= 11 is 12.2. The van der Waals surface area contributed by atoms with E-state index in [4.69, 9.17) is 23.2 Å². The minimum atomic E-state index is -0.424. The number of nitrogens with zero attached hydrogens (tertiary/aromatic N) is 1. The fraction of sp³-hybridized carbons (Fsp3) is 0.222. The van der Waals surface area contributed by atoms with Gasteiger partial charge >= 0.3 is 0 Å². The normalized spacial score (nSPS) is 17.2. The van der Waals surface area contributed by atoms with Gasteiger partial charge in [-0.25, -0.2) is 0 Å². The van der Waals surface area contributed by atoms with Crippen molar-refractivity contribution in [2.45, 2.75) is 13.3 Å². The van der Waals surface area contributed by atoms with Gasteiger partial charge in [0, 0.05) is 23.7 Å². The van der Waals surface area contributed by atoms with Crippen LogP contribution in [-0.4, -0.2) is 18.4 Å². The number of amides is 2. The van der Waals surface area contributed by atoms with Crippen LogP contribution in [0.25, 0.3) is 0 Å². The second-order valence-electron chi connectivity index (χ2n) is 5.76. The van der Waals surface area contributed by atoms with E-state index in [2.05, 4.69) is 5.32 Å². The van der Waals surface area contributed by atoms with E-state index in [1.54, 1.807) is 41.3 Å². The third kappa shape index (κ3) is 3.25. The molecule has 2 amide bonds. The zero-order valence-electron chi connectivity index (χ0n) is 13.1. The van der Waals surface area contributed by atoms with Crippen LogP contribution < -0.4 is 10.2 Å². The molecule has 1 N–H and O–H groups in total. The highest BCUT2D eigenvalue weighted by Gasteiger charge is 2.36. The van der Waals surface area contributed by atoms with Crippen LogP contribution in [0.2, 0.25) is 10.0 Å². The van der Waals surface area contributed by atoms with E-state index in [1.807, 2.05) is 13.0 Å². The van der Waals surface area contributed by atoms with Crippen LogP contribution >= 0.6 is 23.2 Å². The molecular weight excluding hydrogens is 347 g/mol. The van der Waals surface area contributed by atoms with Crippen molar-refractivity contribution in [1.82, 2.24) is 0 Å². The molecule has 0 spiro atoms. The van der Waals surface area contributed by atoms with Crippen LogP contribution in [0.5, 0.6) is 0 Å². The van der Waals surface area contributed by atoms with E-state index in [0.29, 0.717) is 28.0 Å². The van der Waals surface area contributed by atoms with Crippen molar-refractivity contribution in [3.05, 3.63) is 58.1 Å². The summed E-state index contributed by atoms with van der Waals surface area (Å²) in [4.78, 5) is 26.4. The molecule has 0 saturated carbocycles. The van der Waals surface area contributed by atoms with E-state index >= 15 is 0 Å². The van der Waals surface area contributed by atoms with Crippen LogP contribution in [0.15, 0.2) is 42.5 Å². The van der Waals surface area contributed by atoms with Crippen molar-refractivity contribution in [3.8, 4) is 0 Å². The topological polar surface area (TPSA) is 49.4 Å². The van der Waals surface area contributed by atoms with E-state index in [1.165, 1.54) is 0 Å². The first-order chi connectivity index (χ1) is 11.5. The van der Waals surface area contributed by atoms with Gasteiger partial charge in [0.1, 0.15) is 0 Å². The van der Waals surface area contributed by atoms with Gasteiger partial charge in [-0.2, -0.15) is 0 Å². The maximum atomic E-state index is 12.5. The molecule has 0 radical (unpaired) electrons. The summed E-state index contributed by atoms with van der Waals surface area (Å²) < 4.78 is 0. The number of benzene rings is 2. The van der Waals surface area contributed by atoms with Gasteiger partial charge in [0.2, 0.25) is 11.8 Å². The Labute approximate surface area is 150 Å². The molecule has 1 fully saturated rings. The van der Waals surface area contributed by atoms with Crippen LogP contribution in [-0.2, 0) is 9.59 Å². The molecule has 3 rings (SSSR count). The second kappa shape index (κ2) is 6.83. The number of halogens is 2. The lowest BCUT2D eigenvalue weighted by molar-refractivity contribution is -0.122. The lowest BCUT2D eigenvalue weighted by Gasteiger charge is -2.18. The molecule has 1 unspecified atom stereocenters. The molecule has 24 heavy (non-hydrogen) atoms. The molecule has 0 aliphatic carbocycles. The largest absolute Gasteiger partial charge is 0.325 e. The van der Waals surface area contributed by atoms with Crippen molar-refractivity contribution >= 4 is 46.4 Å². The summed E-state index contributed by atoms with van der Waals surface area (Å²) in [5.74, 6) is -0.721. The Morgan fingerprint density at radius 1 is 1.12 bits per heavy atom. The summed E-state index contributed by atoms with van der Waals surface area (Å²) in [6.07, 6.45) is 0.163. The van der Waals surface area contributed by atoms with Gasteiger partial charge in [-0.05, 0) is 36.8 Å². The molecule has 6 heteroatoms. The Bertz CT molecular complexity index is 807. The monoisotopic (exact) mass is 362 g/mol. The summed E-state index contributed by atoms with van der Waals surface area (Å²) in [5.41, 5.74) is 2.11. The third-order valence-electron chi connectivity index (χ3n) is 4.16. The second-order valence-corrected chi connectivity index (χ2v) is 6.57. The molecule has 0 aromatic heterocycles. The van der Waals surface area contributed by atoms with Crippen molar-refractivity contribution in [2.75, 3.05) is 16.8 Å². The fourth-order valence-corrected chi connectivity index (χ4v) is 3.18. The van der Waals surface area contributed by atoms with Gasteiger partial charge in [0.05, 0.1) is 16.6 Å². The molecule has 4 nitrogen and oxygen atoms in total. The highest BCUT2D eigenvalue weighted by Crippen LogP contribution is 2.32. The molecule has 1 atom stereocenters. The van der Waals surface area contributed by atoms with Crippen molar-refractivity contribution in [2.24, 2.45) is 5.92 Å². The number of rotatable bonds is 3. The highest BCUT2D eigenvalue weighted by atomic mass is 35.5. The van der Waals surface area contributed by atoms with E-state index in [9.17, 15) is 9.59 Å². The zero-order valence-corrected chi connectivity index (χ0v) is 14.6. The summed E-state index contributed by atoms with van der Waals surface area (Å²) in [6.45, 7) is 2.15. The number of carbonyl (C=O) groups is 2. The molecule has 1 heterocycles. The summed E-state index contributed by atoms with van der Waals surface area (Å²) in [5, 5.41) is 3.95. The summed E-state index contributed by atoms with van der Waals surface area (Å²) in [7, 11) is 0. The summed E-state index contributed by atoms with van der Waals surface area (Å²) in [6, 6.07) is 12.5. The van der Waals surface area contributed by atoms with E-state index < -0.39 is 5.92 Å². The Balaban J connectivity index is 1.75. The first kappa shape index (κ1) is 16.8. The Kier molecular flexibility index (Phi) is 4.78. The van der Waals surface area contributed by atoms with Gasteiger partial charge in [-0.1, -0.05) is 41.4 Å². The number of hydrogen-bond acceptors (Lipinski definition) is 2. The number of nitrogens with one attached hydrogen (secondary N) is 1. The smallest absolute Gasteiger partial charge is 0.229 e. The first-order valence-electron chi connectivity index (χ1n) is 7.58. The maximum Gasteiger partial charge on any atom is 0.229 e. The molecule has 124 valence electrons. The van der Waals surface area contributed by atoms with Gasteiger partial charge in [0.15, 0.2) is 0 Å². The predicted octanol–water partition coefficient (Wildman–Crippen LogP) is 4.29. The maximum absolute atomic E-state index is 12.5. The van der Waals surface area contributed by atoms with Crippen molar-refractivity contribution < 1.29 is 9.59 Å². The van der Waals surface area contributed by atoms with Crippen molar-refractivity contribution in [1.29, 1.82) is 0 Å². The van der Waals surface area contributed by atoms with Crippen LogP contribution in [0.4, 0.5) is 11.4 Å². The quantitative estimate of drug-likeness (QED) is 0.884. The molecular formula is C18H16Cl2N2O2. The number of anilines is 2. The molecule has 1 saturated heterocycles. The lowest BCUT2D eigenvalue weighted by Crippen LogP contribution is -2.28. The Hall–Kier alpha value is -2.04. The first-order valence-corrected chi connectivity index (χ1v) is 8.34. The number of para-hydroxylation sites is 1. The Morgan fingerprint density at radius 3 is 2.58 bits per heavy atom. The van der Waals surface area contributed by atoms with Crippen LogP contribution in [0.3, 0.4) is 0 Å². The minimum Gasteiger partial charge on any atom is -0.325 e. The van der Waals surface area contributed by atoms with Gasteiger partial charge in [-0.3, -0.25) is 9.59 Å². The van der Waals surface area contributed by atoms with Gasteiger partial charge in [-0.15, -0.1) is 0 Å². The fourth-order valence-electron chi connectivity index (χ4n) is 2.76. The van der Waals surface area contributed by atoms with Gasteiger partial charge in [0.25, 0.3) is 0 Å². The van der Waals surface area contributed by atoms with Crippen molar-refractivity contribution in [3.63, 3.8) is 0 Å². The molecule has 0 bridgehead atoms.